The molecule has 1 aliphatic carbocycles. The number of methoxy groups -OCH3 is 1. The summed E-state index contributed by atoms with van der Waals surface area (Å²) in [6.07, 6.45) is 4.29. The number of carbonyl (C=O) groups excluding carboxylic acids is 2. The standard InChI is InChI=1S/C15H26O4/c1-5-11-7-12(6-2)13(8-11)14(19-10(3)16)9-15(17)18-4/h11-14H,5-9H2,1-4H3. The molecule has 0 saturated heterocycles. The fraction of sp³-hybridized carbons (Fsp3) is 0.867. The summed E-state index contributed by atoms with van der Waals surface area (Å²) in [4.78, 5) is 22.7. The summed E-state index contributed by atoms with van der Waals surface area (Å²) in [7, 11) is 1.37. The molecule has 0 heterocycles. The average Bonchev–Trinajstić information content (AvgIpc) is 2.80. The maximum absolute atomic E-state index is 11.5. The molecule has 4 heteroatoms. The molecule has 0 aromatic carbocycles. The fourth-order valence-corrected chi connectivity index (χ4v) is 3.28. The van der Waals surface area contributed by atoms with Gasteiger partial charge in [0.1, 0.15) is 6.10 Å². The third-order valence-corrected chi connectivity index (χ3v) is 4.34. The van der Waals surface area contributed by atoms with E-state index in [9.17, 15) is 9.59 Å². The second kappa shape index (κ2) is 7.51. The van der Waals surface area contributed by atoms with Crippen LogP contribution >= 0.6 is 0 Å². The Labute approximate surface area is 115 Å². The largest absolute Gasteiger partial charge is 0.469 e. The second-order valence-electron chi connectivity index (χ2n) is 5.51. The molecule has 110 valence electrons. The molecule has 0 aromatic rings. The van der Waals surface area contributed by atoms with Gasteiger partial charge in [0.2, 0.25) is 0 Å². The number of rotatable bonds is 6. The van der Waals surface area contributed by atoms with Crippen LogP contribution in [-0.4, -0.2) is 25.2 Å². The fourth-order valence-electron chi connectivity index (χ4n) is 3.28. The van der Waals surface area contributed by atoms with Gasteiger partial charge in [0, 0.05) is 6.92 Å². The molecule has 0 radical (unpaired) electrons. The van der Waals surface area contributed by atoms with E-state index < -0.39 is 0 Å². The first-order valence-electron chi connectivity index (χ1n) is 7.25. The minimum Gasteiger partial charge on any atom is -0.469 e. The van der Waals surface area contributed by atoms with Crippen molar-refractivity contribution in [1.29, 1.82) is 0 Å². The maximum Gasteiger partial charge on any atom is 0.309 e. The van der Waals surface area contributed by atoms with Crippen molar-refractivity contribution in [2.45, 2.75) is 59.0 Å². The first-order valence-corrected chi connectivity index (χ1v) is 7.25. The van der Waals surface area contributed by atoms with Crippen LogP contribution in [0.2, 0.25) is 0 Å². The van der Waals surface area contributed by atoms with Crippen molar-refractivity contribution in [1.82, 2.24) is 0 Å². The smallest absolute Gasteiger partial charge is 0.309 e. The Kier molecular flexibility index (Phi) is 6.32. The van der Waals surface area contributed by atoms with E-state index in [1.807, 2.05) is 0 Å². The van der Waals surface area contributed by atoms with E-state index in [0.29, 0.717) is 11.8 Å². The van der Waals surface area contributed by atoms with E-state index in [0.717, 1.165) is 19.3 Å². The molecule has 0 amide bonds. The van der Waals surface area contributed by atoms with Crippen molar-refractivity contribution in [3.63, 3.8) is 0 Å². The molecule has 0 bridgehead atoms. The van der Waals surface area contributed by atoms with E-state index in [4.69, 9.17) is 9.47 Å². The highest BCUT2D eigenvalue weighted by atomic mass is 16.6. The van der Waals surface area contributed by atoms with Crippen LogP contribution in [0.3, 0.4) is 0 Å². The van der Waals surface area contributed by atoms with E-state index in [1.54, 1.807) is 0 Å². The molecule has 0 aliphatic heterocycles. The highest BCUT2D eigenvalue weighted by Gasteiger charge is 2.39. The zero-order valence-corrected chi connectivity index (χ0v) is 12.5. The van der Waals surface area contributed by atoms with Crippen molar-refractivity contribution in [3.05, 3.63) is 0 Å². The summed E-state index contributed by atoms with van der Waals surface area (Å²) in [6.45, 7) is 5.76. The monoisotopic (exact) mass is 270 g/mol. The molecule has 4 nitrogen and oxygen atoms in total. The Hall–Kier alpha value is -1.06. The first-order chi connectivity index (χ1) is 9.01. The molecular weight excluding hydrogens is 244 g/mol. The molecule has 0 spiro atoms. The zero-order chi connectivity index (χ0) is 14.4. The summed E-state index contributed by atoms with van der Waals surface area (Å²) in [5.74, 6) is 0.896. The van der Waals surface area contributed by atoms with Crippen molar-refractivity contribution >= 4 is 11.9 Å². The topological polar surface area (TPSA) is 52.6 Å². The minimum absolute atomic E-state index is 0.174. The van der Waals surface area contributed by atoms with E-state index in [-0.39, 0.29) is 30.4 Å². The molecule has 1 aliphatic rings. The van der Waals surface area contributed by atoms with Crippen LogP contribution in [-0.2, 0) is 19.1 Å². The molecule has 4 atom stereocenters. The van der Waals surface area contributed by atoms with Gasteiger partial charge in [-0.25, -0.2) is 0 Å². The lowest BCUT2D eigenvalue weighted by Crippen LogP contribution is -2.31. The van der Waals surface area contributed by atoms with Gasteiger partial charge in [-0.05, 0) is 30.6 Å². The van der Waals surface area contributed by atoms with Gasteiger partial charge in [-0.1, -0.05) is 26.7 Å². The van der Waals surface area contributed by atoms with Crippen molar-refractivity contribution in [2.75, 3.05) is 7.11 Å². The van der Waals surface area contributed by atoms with Gasteiger partial charge in [-0.15, -0.1) is 0 Å². The van der Waals surface area contributed by atoms with Crippen LogP contribution in [0.15, 0.2) is 0 Å². The predicted octanol–water partition coefficient (Wildman–Crippen LogP) is 2.94. The SMILES string of the molecule is CCC1CC(CC)C(C(CC(=O)OC)OC(C)=O)C1. The van der Waals surface area contributed by atoms with Gasteiger partial charge >= 0.3 is 11.9 Å². The molecular formula is C15H26O4. The highest BCUT2D eigenvalue weighted by Crippen LogP contribution is 2.43. The van der Waals surface area contributed by atoms with Gasteiger partial charge in [0.05, 0.1) is 13.5 Å². The van der Waals surface area contributed by atoms with Gasteiger partial charge in [-0.3, -0.25) is 9.59 Å². The minimum atomic E-state index is -0.327. The lowest BCUT2D eigenvalue weighted by Gasteiger charge is -2.27. The van der Waals surface area contributed by atoms with Gasteiger partial charge in [-0.2, -0.15) is 0 Å². The van der Waals surface area contributed by atoms with Crippen molar-refractivity contribution in [3.8, 4) is 0 Å². The summed E-state index contributed by atoms with van der Waals surface area (Å²) >= 11 is 0. The number of esters is 2. The molecule has 0 N–H and O–H groups in total. The normalized spacial score (nSPS) is 27.9. The van der Waals surface area contributed by atoms with Crippen LogP contribution in [0.5, 0.6) is 0 Å². The lowest BCUT2D eigenvalue weighted by molar-refractivity contribution is -0.156. The van der Waals surface area contributed by atoms with Crippen LogP contribution in [0.25, 0.3) is 0 Å². The lowest BCUT2D eigenvalue weighted by atomic mass is 9.87. The Balaban J connectivity index is 2.76. The highest BCUT2D eigenvalue weighted by molar-refractivity contribution is 5.71. The van der Waals surface area contributed by atoms with Gasteiger partial charge < -0.3 is 9.47 Å². The molecule has 19 heavy (non-hydrogen) atoms. The number of carbonyl (C=O) groups is 2. The van der Waals surface area contributed by atoms with E-state index >= 15 is 0 Å². The van der Waals surface area contributed by atoms with Crippen LogP contribution in [0.4, 0.5) is 0 Å². The Bertz CT molecular complexity index is 313. The average molecular weight is 270 g/mol. The number of hydrogen-bond donors (Lipinski definition) is 0. The molecule has 1 saturated carbocycles. The van der Waals surface area contributed by atoms with Crippen molar-refractivity contribution < 1.29 is 19.1 Å². The van der Waals surface area contributed by atoms with E-state index in [2.05, 4.69) is 13.8 Å². The van der Waals surface area contributed by atoms with E-state index in [1.165, 1.54) is 20.5 Å². The van der Waals surface area contributed by atoms with Crippen LogP contribution in [0.1, 0.15) is 52.9 Å². The third kappa shape index (κ3) is 4.51. The summed E-state index contributed by atoms with van der Waals surface area (Å²) < 4.78 is 10.1. The van der Waals surface area contributed by atoms with Crippen LogP contribution in [0, 0.1) is 17.8 Å². The van der Waals surface area contributed by atoms with Gasteiger partial charge in [0.15, 0.2) is 0 Å². The summed E-state index contributed by atoms with van der Waals surface area (Å²) in [6, 6.07) is 0. The maximum atomic E-state index is 11.5. The first kappa shape index (κ1) is 16.0. The molecule has 1 fully saturated rings. The molecule has 0 aromatic heterocycles. The summed E-state index contributed by atoms with van der Waals surface area (Å²) in [5.41, 5.74) is 0. The Morgan fingerprint density at radius 2 is 1.89 bits per heavy atom. The number of hydrogen-bond acceptors (Lipinski definition) is 4. The quantitative estimate of drug-likeness (QED) is 0.696. The predicted molar refractivity (Wildman–Crippen MR) is 72.5 cm³/mol. The van der Waals surface area contributed by atoms with Crippen molar-refractivity contribution in [2.24, 2.45) is 17.8 Å². The zero-order valence-electron chi connectivity index (χ0n) is 12.5. The second-order valence-corrected chi connectivity index (χ2v) is 5.51. The molecule has 1 rings (SSSR count). The Morgan fingerprint density at radius 3 is 2.37 bits per heavy atom. The van der Waals surface area contributed by atoms with Crippen LogP contribution < -0.4 is 0 Å². The molecule has 4 unspecified atom stereocenters. The number of ether oxygens (including phenoxy) is 2. The van der Waals surface area contributed by atoms with Gasteiger partial charge in [0.25, 0.3) is 0 Å². The Morgan fingerprint density at radius 1 is 1.21 bits per heavy atom. The third-order valence-electron chi connectivity index (χ3n) is 4.34. The summed E-state index contributed by atoms with van der Waals surface area (Å²) in [5, 5.41) is 0.